The molecule has 0 amide bonds. The summed E-state index contributed by atoms with van der Waals surface area (Å²) in [7, 11) is 0. The van der Waals surface area contributed by atoms with Gasteiger partial charge in [0.25, 0.3) is 0 Å². The lowest BCUT2D eigenvalue weighted by Gasteiger charge is -2.05. The summed E-state index contributed by atoms with van der Waals surface area (Å²) in [6.45, 7) is 0. The normalized spacial score (nSPS) is 10.1. The molecule has 1 aromatic heterocycles. The highest BCUT2D eigenvalue weighted by Gasteiger charge is 2.18. The molecule has 0 spiro atoms. The Morgan fingerprint density at radius 1 is 1.33 bits per heavy atom. The number of hydrogen-bond donors (Lipinski definition) is 0. The van der Waals surface area contributed by atoms with Crippen LogP contribution in [0.5, 0.6) is 11.6 Å². The van der Waals surface area contributed by atoms with E-state index in [9.17, 15) is 10.1 Å². The van der Waals surface area contributed by atoms with E-state index in [1.54, 1.807) is 18.2 Å². The molecule has 0 unspecified atom stereocenters. The van der Waals surface area contributed by atoms with Gasteiger partial charge in [-0.25, -0.2) is 0 Å². The molecule has 0 atom stereocenters. The molecule has 7 heteroatoms. The molecule has 0 N–H and O–H groups in total. The Labute approximate surface area is 121 Å². The second kappa shape index (κ2) is 5.49. The third kappa shape index (κ3) is 3.08. The highest BCUT2D eigenvalue weighted by atomic mass is 127. The number of pyridine rings is 1. The van der Waals surface area contributed by atoms with Gasteiger partial charge in [-0.15, -0.1) is 0 Å². The summed E-state index contributed by atoms with van der Waals surface area (Å²) < 4.78 is 6.34. The number of benzene rings is 1. The molecule has 5 nitrogen and oxygen atoms in total. The van der Waals surface area contributed by atoms with E-state index in [4.69, 9.17) is 16.3 Å². The quantitative estimate of drug-likeness (QED) is 0.351. The van der Waals surface area contributed by atoms with Gasteiger partial charge < -0.3 is 4.74 Å². The van der Waals surface area contributed by atoms with Gasteiger partial charge in [0.05, 0.1) is 4.92 Å². The summed E-state index contributed by atoms with van der Waals surface area (Å²) >= 11 is 7.82. The van der Waals surface area contributed by atoms with E-state index in [-0.39, 0.29) is 16.7 Å². The fraction of sp³-hybridized carbons (Fsp3) is 0. The molecule has 0 aliphatic rings. The Morgan fingerprint density at radius 2 is 2.11 bits per heavy atom. The standard InChI is InChI=1S/C11H6ClIN2O3/c12-10-5-4-9(15(16)17)11(14-10)18-8-3-1-2-7(13)6-8/h1-6H. The van der Waals surface area contributed by atoms with E-state index in [0.29, 0.717) is 5.75 Å². The van der Waals surface area contributed by atoms with Crippen molar-refractivity contribution in [1.29, 1.82) is 0 Å². The van der Waals surface area contributed by atoms with Crippen LogP contribution in [0.1, 0.15) is 0 Å². The third-order valence-electron chi connectivity index (χ3n) is 2.01. The molecule has 0 saturated carbocycles. The monoisotopic (exact) mass is 376 g/mol. The average Bonchev–Trinajstić information content (AvgIpc) is 2.28. The van der Waals surface area contributed by atoms with E-state index in [1.165, 1.54) is 12.1 Å². The first-order chi connectivity index (χ1) is 8.56. The molecule has 0 fully saturated rings. The van der Waals surface area contributed by atoms with Crippen LogP contribution in [0.2, 0.25) is 5.15 Å². The Bertz CT molecular complexity index is 607. The van der Waals surface area contributed by atoms with Gasteiger partial charge in [-0.05, 0) is 46.9 Å². The number of halogens is 2. The van der Waals surface area contributed by atoms with Gasteiger partial charge in [0.15, 0.2) is 0 Å². The molecule has 0 bridgehead atoms. The first-order valence-electron chi connectivity index (χ1n) is 4.80. The van der Waals surface area contributed by atoms with Gasteiger partial charge in [-0.2, -0.15) is 4.98 Å². The molecular weight excluding hydrogens is 370 g/mol. The van der Waals surface area contributed by atoms with Crippen molar-refractivity contribution in [3.05, 3.63) is 55.2 Å². The minimum absolute atomic E-state index is 0.116. The van der Waals surface area contributed by atoms with Crippen molar-refractivity contribution in [1.82, 2.24) is 4.98 Å². The molecule has 0 aliphatic heterocycles. The molecule has 0 radical (unpaired) electrons. The highest BCUT2D eigenvalue weighted by molar-refractivity contribution is 14.1. The third-order valence-corrected chi connectivity index (χ3v) is 2.90. The zero-order valence-electron chi connectivity index (χ0n) is 8.84. The Morgan fingerprint density at radius 3 is 2.78 bits per heavy atom. The van der Waals surface area contributed by atoms with Crippen LogP contribution in [0.25, 0.3) is 0 Å². The summed E-state index contributed by atoms with van der Waals surface area (Å²) in [6, 6.07) is 9.71. The number of hydrogen-bond acceptors (Lipinski definition) is 4. The van der Waals surface area contributed by atoms with Crippen LogP contribution in [0, 0.1) is 13.7 Å². The van der Waals surface area contributed by atoms with E-state index in [1.807, 2.05) is 6.07 Å². The van der Waals surface area contributed by atoms with Gasteiger partial charge in [0.2, 0.25) is 0 Å². The molecule has 0 saturated heterocycles. The number of nitrogens with zero attached hydrogens (tertiary/aromatic N) is 2. The van der Waals surface area contributed by atoms with Crippen molar-refractivity contribution in [3.63, 3.8) is 0 Å². The lowest BCUT2D eigenvalue weighted by molar-refractivity contribution is -0.386. The minimum atomic E-state index is -0.563. The van der Waals surface area contributed by atoms with Crippen LogP contribution >= 0.6 is 34.2 Å². The summed E-state index contributed by atoms with van der Waals surface area (Å²) in [4.78, 5) is 14.1. The zero-order chi connectivity index (χ0) is 13.1. The van der Waals surface area contributed by atoms with Crippen LogP contribution < -0.4 is 4.74 Å². The van der Waals surface area contributed by atoms with Crippen molar-refractivity contribution in [3.8, 4) is 11.6 Å². The topological polar surface area (TPSA) is 65.3 Å². The van der Waals surface area contributed by atoms with Gasteiger partial charge in [0, 0.05) is 9.64 Å². The fourth-order valence-electron chi connectivity index (χ4n) is 1.27. The van der Waals surface area contributed by atoms with Crippen molar-refractivity contribution in [2.24, 2.45) is 0 Å². The van der Waals surface area contributed by atoms with Crippen LogP contribution in [-0.4, -0.2) is 9.91 Å². The second-order valence-corrected chi connectivity index (χ2v) is 4.91. The number of rotatable bonds is 3. The van der Waals surface area contributed by atoms with Gasteiger partial charge in [-0.1, -0.05) is 17.7 Å². The van der Waals surface area contributed by atoms with Crippen molar-refractivity contribution >= 4 is 39.9 Å². The van der Waals surface area contributed by atoms with E-state index in [0.717, 1.165) is 3.57 Å². The Kier molecular flexibility index (Phi) is 3.97. The van der Waals surface area contributed by atoms with Crippen molar-refractivity contribution < 1.29 is 9.66 Å². The largest absolute Gasteiger partial charge is 0.434 e. The smallest absolute Gasteiger partial charge is 0.331 e. The zero-order valence-corrected chi connectivity index (χ0v) is 11.8. The second-order valence-electron chi connectivity index (χ2n) is 3.27. The lowest BCUT2D eigenvalue weighted by atomic mass is 10.3. The number of ether oxygens (including phenoxy) is 1. The first kappa shape index (κ1) is 13.0. The van der Waals surface area contributed by atoms with E-state index < -0.39 is 4.92 Å². The molecule has 2 rings (SSSR count). The van der Waals surface area contributed by atoms with Crippen LogP contribution in [0.3, 0.4) is 0 Å². The van der Waals surface area contributed by atoms with Gasteiger partial charge in [0.1, 0.15) is 10.9 Å². The molecule has 2 aromatic rings. The molecule has 0 aliphatic carbocycles. The first-order valence-corrected chi connectivity index (χ1v) is 6.26. The average molecular weight is 377 g/mol. The number of nitro groups is 1. The Balaban J connectivity index is 2.39. The number of aromatic nitrogens is 1. The SMILES string of the molecule is O=[N+]([O-])c1ccc(Cl)nc1Oc1cccc(I)c1. The van der Waals surface area contributed by atoms with Gasteiger partial charge >= 0.3 is 11.6 Å². The minimum Gasteiger partial charge on any atom is -0.434 e. The lowest BCUT2D eigenvalue weighted by Crippen LogP contribution is -1.96. The maximum Gasteiger partial charge on any atom is 0.331 e. The van der Waals surface area contributed by atoms with Crippen molar-refractivity contribution in [2.75, 3.05) is 0 Å². The molecular formula is C11H6ClIN2O3. The summed E-state index contributed by atoms with van der Waals surface area (Å²) in [5.74, 6) is 0.356. The van der Waals surface area contributed by atoms with Gasteiger partial charge in [-0.3, -0.25) is 10.1 Å². The summed E-state index contributed by atoms with van der Waals surface area (Å²) in [5.41, 5.74) is -0.224. The van der Waals surface area contributed by atoms with E-state index >= 15 is 0 Å². The predicted octanol–water partition coefficient (Wildman–Crippen LogP) is 4.04. The maximum atomic E-state index is 10.8. The molecule has 18 heavy (non-hydrogen) atoms. The Hall–Kier alpha value is -1.41. The molecule has 1 aromatic carbocycles. The summed E-state index contributed by atoms with van der Waals surface area (Å²) in [6.07, 6.45) is 0. The fourth-order valence-corrected chi connectivity index (χ4v) is 1.92. The van der Waals surface area contributed by atoms with E-state index in [2.05, 4.69) is 27.6 Å². The predicted molar refractivity (Wildman–Crippen MR) is 75.1 cm³/mol. The maximum absolute atomic E-state index is 10.8. The van der Waals surface area contributed by atoms with Crippen LogP contribution in [0.15, 0.2) is 36.4 Å². The highest BCUT2D eigenvalue weighted by Crippen LogP contribution is 2.30. The molecule has 1 heterocycles. The van der Waals surface area contributed by atoms with Crippen LogP contribution in [0.4, 0.5) is 5.69 Å². The van der Waals surface area contributed by atoms with Crippen molar-refractivity contribution in [2.45, 2.75) is 0 Å². The molecule has 92 valence electrons. The van der Waals surface area contributed by atoms with Crippen LogP contribution in [-0.2, 0) is 0 Å². The summed E-state index contributed by atoms with van der Waals surface area (Å²) in [5, 5.41) is 11.0.